The third-order valence-corrected chi connectivity index (χ3v) is 2.50. The van der Waals surface area contributed by atoms with Gasteiger partial charge in [-0.3, -0.25) is 14.2 Å². The maximum Gasteiger partial charge on any atom is 0.308 e. The number of carbonyl (C=O) groups is 1. The first-order valence-electron chi connectivity index (χ1n) is 4.88. The molecular formula is C10H12N2O3. The van der Waals surface area contributed by atoms with Crippen molar-refractivity contribution in [2.45, 2.75) is 32.2 Å². The van der Waals surface area contributed by atoms with Crippen LogP contribution in [0.4, 0.5) is 0 Å². The molecule has 80 valence electrons. The van der Waals surface area contributed by atoms with Gasteiger partial charge in [0.2, 0.25) is 0 Å². The standard InChI is InChI=1S/C10H12N2O3/c1-6-11-5-7(4-9(13)14)10(15)12(6)8-2-3-8/h5,8H,2-4H2,1H3,(H,13,14). The van der Waals surface area contributed by atoms with Gasteiger partial charge in [-0.25, -0.2) is 4.98 Å². The average molecular weight is 208 g/mol. The summed E-state index contributed by atoms with van der Waals surface area (Å²) >= 11 is 0. The van der Waals surface area contributed by atoms with Crippen LogP contribution < -0.4 is 5.56 Å². The molecule has 0 radical (unpaired) electrons. The number of hydrogen-bond donors (Lipinski definition) is 1. The number of aliphatic carboxylic acids is 1. The second-order valence-electron chi connectivity index (χ2n) is 3.81. The van der Waals surface area contributed by atoms with Gasteiger partial charge in [0, 0.05) is 17.8 Å². The van der Waals surface area contributed by atoms with E-state index in [0.717, 1.165) is 12.8 Å². The molecular weight excluding hydrogens is 196 g/mol. The number of nitrogens with zero attached hydrogens (tertiary/aromatic N) is 2. The van der Waals surface area contributed by atoms with Gasteiger partial charge in [0.1, 0.15) is 5.82 Å². The number of hydrogen-bond acceptors (Lipinski definition) is 3. The molecule has 0 aromatic carbocycles. The lowest BCUT2D eigenvalue weighted by molar-refractivity contribution is -0.136. The van der Waals surface area contributed by atoms with Crippen LogP contribution in [0.3, 0.4) is 0 Å². The number of aryl methyl sites for hydroxylation is 1. The van der Waals surface area contributed by atoms with E-state index in [1.165, 1.54) is 6.20 Å². The number of carboxylic acids is 1. The Kier molecular flexibility index (Phi) is 2.30. The Labute approximate surface area is 86.4 Å². The molecule has 0 saturated heterocycles. The van der Waals surface area contributed by atoms with E-state index in [2.05, 4.69) is 4.98 Å². The smallest absolute Gasteiger partial charge is 0.308 e. The maximum atomic E-state index is 11.9. The summed E-state index contributed by atoms with van der Waals surface area (Å²) < 4.78 is 1.61. The molecule has 1 fully saturated rings. The molecule has 0 amide bonds. The monoisotopic (exact) mass is 208 g/mol. The van der Waals surface area contributed by atoms with Gasteiger partial charge >= 0.3 is 5.97 Å². The fourth-order valence-corrected chi connectivity index (χ4v) is 1.64. The summed E-state index contributed by atoms with van der Waals surface area (Å²) in [5.41, 5.74) is 0.0624. The number of rotatable bonds is 3. The molecule has 0 spiro atoms. The third-order valence-electron chi connectivity index (χ3n) is 2.50. The molecule has 0 atom stereocenters. The van der Waals surface area contributed by atoms with Crippen molar-refractivity contribution in [2.75, 3.05) is 0 Å². The molecule has 1 aromatic heterocycles. The van der Waals surface area contributed by atoms with Crippen molar-refractivity contribution in [3.8, 4) is 0 Å². The highest BCUT2D eigenvalue weighted by atomic mass is 16.4. The summed E-state index contributed by atoms with van der Waals surface area (Å²) in [5, 5.41) is 8.63. The Balaban J connectivity index is 2.45. The van der Waals surface area contributed by atoms with Crippen molar-refractivity contribution < 1.29 is 9.90 Å². The Morgan fingerprint density at radius 1 is 1.67 bits per heavy atom. The van der Waals surface area contributed by atoms with E-state index >= 15 is 0 Å². The van der Waals surface area contributed by atoms with Crippen LogP contribution in [0.25, 0.3) is 0 Å². The minimum Gasteiger partial charge on any atom is -0.481 e. The van der Waals surface area contributed by atoms with E-state index in [4.69, 9.17) is 5.11 Å². The summed E-state index contributed by atoms with van der Waals surface area (Å²) in [6, 6.07) is 0.235. The molecule has 1 N–H and O–H groups in total. The molecule has 0 unspecified atom stereocenters. The fraction of sp³-hybridized carbons (Fsp3) is 0.500. The van der Waals surface area contributed by atoms with E-state index < -0.39 is 5.97 Å². The normalized spacial score (nSPS) is 15.3. The van der Waals surface area contributed by atoms with Gasteiger partial charge < -0.3 is 5.11 Å². The lowest BCUT2D eigenvalue weighted by Crippen LogP contribution is -2.27. The van der Waals surface area contributed by atoms with Crippen LogP contribution in [0.5, 0.6) is 0 Å². The van der Waals surface area contributed by atoms with E-state index in [1.807, 2.05) is 0 Å². The van der Waals surface area contributed by atoms with Crippen LogP contribution in [-0.4, -0.2) is 20.6 Å². The Morgan fingerprint density at radius 3 is 2.87 bits per heavy atom. The van der Waals surface area contributed by atoms with Crippen LogP contribution >= 0.6 is 0 Å². The number of aromatic nitrogens is 2. The molecule has 1 aliphatic carbocycles. The van der Waals surface area contributed by atoms with E-state index in [0.29, 0.717) is 5.82 Å². The van der Waals surface area contributed by atoms with Gasteiger partial charge in [-0.1, -0.05) is 0 Å². The molecule has 1 heterocycles. The van der Waals surface area contributed by atoms with E-state index in [9.17, 15) is 9.59 Å². The largest absolute Gasteiger partial charge is 0.481 e. The van der Waals surface area contributed by atoms with Gasteiger partial charge in [-0.2, -0.15) is 0 Å². The summed E-state index contributed by atoms with van der Waals surface area (Å²) in [4.78, 5) is 26.4. The predicted molar refractivity (Wildman–Crippen MR) is 52.8 cm³/mol. The number of carboxylic acid groups (broad SMARTS) is 1. The first-order valence-corrected chi connectivity index (χ1v) is 4.88. The van der Waals surface area contributed by atoms with Gasteiger partial charge in [-0.05, 0) is 19.8 Å². The molecule has 15 heavy (non-hydrogen) atoms. The van der Waals surface area contributed by atoms with Gasteiger partial charge in [0.25, 0.3) is 5.56 Å². The molecule has 1 aliphatic rings. The highest BCUT2D eigenvalue weighted by Gasteiger charge is 2.27. The molecule has 5 nitrogen and oxygen atoms in total. The summed E-state index contributed by atoms with van der Waals surface area (Å²) in [6.45, 7) is 1.77. The van der Waals surface area contributed by atoms with Gasteiger partial charge in [0.05, 0.1) is 6.42 Å². The first-order chi connectivity index (χ1) is 7.09. The molecule has 1 saturated carbocycles. The third kappa shape index (κ3) is 1.91. The van der Waals surface area contributed by atoms with Crippen molar-refractivity contribution in [2.24, 2.45) is 0 Å². The maximum absolute atomic E-state index is 11.9. The Hall–Kier alpha value is -1.65. The quantitative estimate of drug-likeness (QED) is 0.785. The second-order valence-corrected chi connectivity index (χ2v) is 3.81. The van der Waals surface area contributed by atoms with Crippen molar-refractivity contribution >= 4 is 5.97 Å². The van der Waals surface area contributed by atoms with Crippen LogP contribution in [-0.2, 0) is 11.2 Å². The highest BCUT2D eigenvalue weighted by Crippen LogP contribution is 2.33. The van der Waals surface area contributed by atoms with Crippen LogP contribution in [0.2, 0.25) is 0 Å². The Bertz CT molecular complexity index is 460. The fourth-order valence-electron chi connectivity index (χ4n) is 1.64. The lowest BCUT2D eigenvalue weighted by atomic mass is 10.2. The minimum absolute atomic E-state index is 0.201. The molecule has 5 heteroatoms. The predicted octanol–water partition coefficient (Wildman–Crippen LogP) is 0.514. The van der Waals surface area contributed by atoms with Gasteiger partial charge in [0.15, 0.2) is 0 Å². The minimum atomic E-state index is -1.000. The Morgan fingerprint density at radius 2 is 2.33 bits per heavy atom. The summed E-state index contributed by atoms with van der Waals surface area (Å²) in [5.74, 6) is -0.336. The second kappa shape index (κ2) is 3.49. The average Bonchev–Trinajstić information content (AvgIpc) is 2.94. The topological polar surface area (TPSA) is 72.2 Å². The van der Waals surface area contributed by atoms with Crippen molar-refractivity contribution in [1.82, 2.24) is 9.55 Å². The lowest BCUT2D eigenvalue weighted by Gasteiger charge is -2.08. The SMILES string of the molecule is Cc1ncc(CC(=O)O)c(=O)n1C1CC1. The zero-order valence-electron chi connectivity index (χ0n) is 8.43. The van der Waals surface area contributed by atoms with Crippen LogP contribution in [0.15, 0.2) is 11.0 Å². The van der Waals surface area contributed by atoms with Crippen molar-refractivity contribution in [1.29, 1.82) is 0 Å². The molecule has 0 bridgehead atoms. The zero-order chi connectivity index (χ0) is 11.0. The molecule has 1 aromatic rings. The first kappa shape index (κ1) is 9.89. The van der Waals surface area contributed by atoms with E-state index in [1.54, 1.807) is 11.5 Å². The van der Waals surface area contributed by atoms with Crippen LogP contribution in [0, 0.1) is 6.92 Å². The summed E-state index contributed by atoms with van der Waals surface area (Å²) in [7, 11) is 0. The van der Waals surface area contributed by atoms with Crippen LogP contribution in [0.1, 0.15) is 30.3 Å². The molecule has 0 aliphatic heterocycles. The van der Waals surface area contributed by atoms with Crippen molar-refractivity contribution in [3.05, 3.63) is 27.9 Å². The highest BCUT2D eigenvalue weighted by molar-refractivity contribution is 5.69. The molecule has 2 rings (SSSR count). The van der Waals surface area contributed by atoms with Gasteiger partial charge in [-0.15, -0.1) is 0 Å². The van der Waals surface area contributed by atoms with E-state index in [-0.39, 0.29) is 23.6 Å². The summed E-state index contributed by atoms with van der Waals surface area (Å²) in [6.07, 6.45) is 3.08. The zero-order valence-corrected chi connectivity index (χ0v) is 8.43. The van der Waals surface area contributed by atoms with Crippen molar-refractivity contribution in [3.63, 3.8) is 0 Å².